The molecule has 0 spiro atoms. The van der Waals surface area contributed by atoms with E-state index in [0.717, 1.165) is 16.8 Å². The largest absolute Gasteiger partial charge is 0.384 e. The Labute approximate surface area is 150 Å². The second kappa shape index (κ2) is 7.36. The van der Waals surface area contributed by atoms with E-state index in [1.807, 2.05) is 31.2 Å². The van der Waals surface area contributed by atoms with Gasteiger partial charge in [-0.15, -0.1) is 0 Å². The highest BCUT2D eigenvalue weighted by atomic mass is 35.5. The molecule has 3 aromatic rings. The monoisotopic (exact) mass is 355 g/mol. The average molecular weight is 356 g/mol. The minimum Gasteiger partial charge on any atom is -0.384 e. The summed E-state index contributed by atoms with van der Waals surface area (Å²) in [6, 6.07) is 12.5. The van der Waals surface area contributed by atoms with Crippen LogP contribution >= 0.6 is 11.6 Å². The van der Waals surface area contributed by atoms with Gasteiger partial charge in [-0.25, -0.2) is 4.68 Å². The van der Waals surface area contributed by atoms with Gasteiger partial charge >= 0.3 is 0 Å². The Morgan fingerprint density at radius 1 is 1.20 bits per heavy atom. The van der Waals surface area contributed by atoms with E-state index in [9.17, 15) is 4.79 Å². The molecule has 0 saturated carbocycles. The zero-order valence-corrected chi connectivity index (χ0v) is 14.4. The predicted molar refractivity (Wildman–Crippen MR) is 97.1 cm³/mol. The molecule has 2 aromatic heterocycles. The van der Waals surface area contributed by atoms with Gasteiger partial charge in [0.05, 0.1) is 11.7 Å². The number of aryl methyl sites for hydroxylation is 1. The van der Waals surface area contributed by atoms with Crippen molar-refractivity contribution in [2.45, 2.75) is 19.5 Å². The number of nitrogens with two attached hydrogens (primary N) is 1. The number of anilines is 1. The Balaban J connectivity index is 1.83. The average Bonchev–Trinajstić information content (AvgIpc) is 2.91. The summed E-state index contributed by atoms with van der Waals surface area (Å²) in [6.45, 7) is 1.88. The van der Waals surface area contributed by atoms with E-state index in [1.54, 1.807) is 30.6 Å². The number of nitrogens with one attached hydrogen (secondary N) is 1. The smallest absolute Gasteiger partial charge is 0.242 e. The quantitative estimate of drug-likeness (QED) is 0.736. The number of hydrogen-bond acceptors (Lipinski definition) is 4. The number of amides is 1. The van der Waals surface area contributed by atoms with Gasteiger partial charge in [0, 0.05) is 23.5 Å². The number of aromatic nitrogens is 3. The number of carbonyl (C=O) groups excluding carboxylic acids is 1. The Morgan fingerprint density at radius 2 is 1.84 bits per heavy atom. The molecular weight excluding hydrogens is 338 g/mol. The highest BCUT2D eigenvalue weighted by Gasteiger charge is 2.18. The summed E-state index contributed by atoms with van der Waals surface area (Å²) < 4.78 is 1.48. The van der Waals surface area contributed by atoms with Crippen LogP contribution in [0.5, 0.6) is 0 Å². The number of hydrogen-bond donors (Lipinski definition) is 2. The van der Waals surface area contributed by atoms with E-state index >= 15 is 0 Å². The standard InChI is InChI=1S/C18H18ClN5O/c1-12-10-16(20)24(23-12)11-17(25)22-18(14-6-8-21-9-7-14)13-2-4-15(19)5-3-13/h2-10,18H,11,20H2,1H3,(H,22,25)/t18-/m0/s1. The molecule has 1 amide bonds. The van der Waals surface area contributed by atoms with Gasteiger partial charge in [-0.05, 0) is 42.3 Å². The molecule has 0 aliphatic rings. The topological polar surface area (TPSA) is 85.8 Å². The zero-order chi connectivity index (χ0) is 17.8. The summed E-state index contributed by atoms with van der Waals surface area (Å²) in [4.78, 5) is 16.6. The van der Waals surface area contributed by atoms with Crippen LogP contribution in [0.4, 0.5) is 5.82 Å². The minimum atomic E-state index is -0.314. The van der Waals surface area contributed by atoms with E-state index in [2.05, 4.69) is 15.4 Å². The second-order valence-electron chi connectivity index (χ2n) is 5.70. The molecule has 7 heteroatoms. The maximum atomic E-state index is 12.5. The van der Waals surface area contributed by atoms with Crippen LogP contribution in [0.2, 0.25) is 5.02 Å². The fourth-order valence-corrected chi connectivity index (χ4v) is 2.73. The van der Waals surface area contributed by atoms with Gasteiger partial charge in [0.1, 0.15) is 12.4 Å². The van der Waals surface area contributed by atoms with Gasteiger partial charge in [-0.2, -0.15) is 5.10 Å². The van der Waals surface area contributed by atoms with Crippen LogP contribution in [0.3, 0.4) is 0 Å². The normalized spacial score (nSPS) is 11.9. The van der Waals surface area contributed by atoms with Gasteiger partial charge in [-0.3, -0.25) is 9.78 Å². The fraction of sp³-hybridized carbons (Fsp3) is 0.167. The number of nitrogen functional groups attached to an aromatic ring is 1. The molecule has 3 N–H and O–H groups in total. The summed E-state index contributed by atoms with van der Waals surface area (Å²) in [5, 5.41) is 7.89. The SMILES string of the molecule is Cc1cc(N)n(CC(=O)N[C@H](c2ccncc2)c2ccc(Cl)cc2)n1. The number of rotatable bonds is 5. The maximum absolute atomic E-state index is 12.5. The van der Waals surface area contributed by atoms with Crippen LogP contribution in [-0.2, 0) is 11.3 Å². The molecule has 128 valence electrons. The van der Waals surface area contributed by atoms with Crippen molar-refractivity contribution in [1.82, 2.24) is 20.1 Å². The highest BCUT2D eigenvalue weighted by molar-refractivity contribution is 6.30. The lowest BCUT2D eigenvalue weighted by Crippen LogP contribution is -2.32. The Morgan fingerprint density at radius 3 is 2.44 bits per heavy atom. The van der Waals surface area contributed by atoms with Crippen molar-refractivity contribution < 1.29 is 4.79 Å². The number of carbonyl (C=O) groups is 1. The summed E-state index contributed by atoms with van der Waals surface area (Å²) in [7, 11) is 0. The first-order valence-electron chi connectivity index (χ1n) is 7.77. The Bertz CT molecular complexity index is 861. The van der Waals surface area contributed by atoms with Crippen LogP contribution in [0.15, 0.2) is 54.9 Å². The van der Waals surface area contributed by atoms with Crippen LogP contribution < -0.4 is 11.1 Å². The van der Waals surface area contributed by atoms with E-state index in [1.165, 1.54) is 4.68 Å². The number of halogens is 1. The third kappa shape index (κ3) is 4.16. The van der Waals surface area contributed by atoms with Crippen LogP contribution in [0.1, 0.15) is 22.9 Å². The molecule has 0 fully saturated rings. The van der Waals surface area contributed by atoms with Crippen molar-refractivity contribution in [3.05, 3.63) is 76.7 Å². The molecule has 0 radical (unpaired) electrons. The predicted octanol–water partition coefficient (Wildman–Crippen LogP) is 2.73. The molecule has 0 aliphatic heterocycles. The van der Waals surface area contributed by atoms with Gasteiger partial charge in [-0.1, -0.05) is 23.7 Å². The van der Waals surface area contributed by atoms with E-state index in [0.29, 0.717) is 10.8 Å². The van der Waals surface area contributed by atoms with Crippen LogP contribution in [0.25, 0.3) is 0 Å². The molecule has 6 nitrogen and oxygen atoms in total. The Kier molecular flexibility index (Phi) is 5.00. The maximum Gasteiger partial charge on any atom is 0.242 e. The van der Waals surface area contributed by atoms with E-state index in [4.69, 9.17) is 17.3 Å². The van der Waals surface area contributed by atoms with E-state index in [-0.39, 0.29) is 18.5 Å². The number of nitrogens with zero attached hydrogens (tertiary/aromatic N) is 3. The van der Waals surface area contributed by atoms with Gasteiger partial charge in [0.15, 0.2) is 0 Å². The molecular formula is C18H18ClN5O. The van der Waals surface area contributed by atoms with Crippen LogP contribution in [-0.4, -0.2) is 20.7 Å². The summed E-state index contributed by atoms with van der Waals surface area (Å²) in [6.07, 6.45) is 3.39. The third-order valence-electron chi connectivity index (χ3n) is 3.77. The summed E-state index contributed by atoms with van der Waals surface area (Å²) in [5.74, 6) is 0.270. The lowest BCUT2D eigenvalue weighted by Gasteiger charge is -2.20. The van der Waals surface area contributed by atoms with Crippen molar-refractivity contribution in [3.8, 4) is 0 Å². The molecule has 25 heavy (non-hydrogen) atoms. The lowest BCUT2D eigenvalue weighted by molar-refractivity contribution is -0.122. The molecule has 3 rings (SSSR count). The highest BCUT2D eigenvalue weighted by Crippen LogP contribution is 2.23. The van der Waals surface area contributed by atoms with Crippen molar-refractivity contribution in [2.75, 3.05) is 5.73 Å². The first kappa shape index (κ1) is 17.0. The minimum absolute atomic E-state index is 0.0504. The molecule has 0 saturated heterocycles. The van der Waals surface area contributed by atoms with Crippen molar-refractivity contribution in [2.24, 2.45) is 0 Å². The lowest BCUT2D eigenvalue weighted by atomic mass is 9.99. The van der Waals surface area contributed by atoms with Crippen LogP contribution in [0, 0.1) is 6.92 Å². The summed E-state index contributed by atoms with van der Waals surface area (Å²) in [5.41, 5.74) is 8.48. The first-order valence-corrected chi connectivity index (χ1v) is 8.15. The molecule has 0 aliphatic carbocycles. The Hall–Kier alpha value is -2.86. The zero-order valence-electron chi connectivity index (χ0n) is 13.7. The fourth-order valence-electron chi connectivity index (χ4n) is 2.61. The third-order valence-corrected chi connectivity index (χ3v) is 4.03. The first-order chi connectivity index (χ1) is 12.0. The molecule has 1 aromatic carbocycles. The van der Waals surface area contributed by atoms with E-state index < -0.39 is 0 Å². The van der Waals surface area contributed by atoms with Crippen molar-refractivity contribution in [1.29, 1.82) is 0 Å². The summed E-state index contributed by atoms with van der Waals surface area (Å²) >= 11 is 5.97. The molecule has 0 bridgehead atoms. The number of benzene rings is 1. The number of pyridine rings is 1. The van der Waals surface area contributed by atoms with Crippen molar-refractivity contribution >= 4 is 23.3 Å². The molecule has 2 heterocycles. The van der Waals surface area contributed by atoms with Crippen molar-refractivity contribution in [3.63, 3.8) is 0 Å². The molecule has 0 unspecified atom stereocenters. The van der Waals surface area contributed by atoms with Gasteiger partial charge in [0.25, 0.3) is 0 Å². The van der Waals surface area contributed by atoms with Gasteiger partial charge in [0.2, 0.25) is 5.91 Å². The second-order valence-corrected chi connectivity index (χ2v) is 6.14. The van der Waals surface area contributed by atoms with Gasteiger partial charge < -0.3 is 11.1 Å². The molecule has 1 atom stereocenters.